The number of anilines is 2. The normalized spacial score (nSPS) is 19.5. The molecular weight excluding hydrogens is 522 g/mol. The number of ether oxygens (including phenoxy) is 1. The van der Waals surface area contributed by atoms with Crippen LogP contribution in [0.5, 0.6) is 0 Å². The molecule has 12 heteroatoms. The maximum atomic E-state index is 13.3. The number of nitrogens with zero attached hydrogens (tertiary/aromatic N) is 7. The molecule has 2 N–H and O–H groups in total. The van der Waals surface area contributed by atoms with Gasteiger partial charge in [0.05, 0.1) is 30.2 Å². The van der Waals surface area contributed by atoms with Gasteiger partial charge >= 0.3 is 11.8 Å². The summed E-state index contributed by atoms with van der Waals surface area (Å²) in [5, 5.41) is 18.7. The van der Waals surface area contributed by atoms with Crippen LogP contribution in [0.15, 0.2) is 47.3 Å². The second kappa shape index (κ2) is 11.0. The van der Waals surface area contributed by atoms with Crippen LogP contribution in [0.4, 0.5) is 11.6 Å². The van der Waals surface area contributed by atoms with Crippen LogP contribution in [0, 0.1) is 0 Å². The number of hydrogen-bond donors (Lipinski definition) is 2. The van der Waals surface area contributed by atoms with Crippen molar-refractivity contribution in [1.82, 2.24) is 40.2 Å². The lowest BCUT2D eigenvalue weighted by Gasteiger charge is -2.29. The number of carbonyl (C=O) groups is 1. The highest BCUT2D eigenvalue weighted by molar-refractivity contribution is 5.89. The van der Waals surface area contributed by atoms with Gasteiger partial charge in [-0.3, -0.25) is 14.4 Å². The molecule has 3 aromatic heterocycles. The predicted molar refractivity (Wildman–Crippen MR) is 152 cm³/mol. The lowest BCUT2D eigenvalue weighted by molar-refractivity contribution is 0.0873. The molecule has 6 rings (SSSR count). The van der Waals surface area contributed by atoms with Gasteiger partial charge in [-0.2, -0.15) is 5.10 Å². The number of nitrogens with one attached hydrogen (secondary N) is 2. The molecule has 1 saturated heterocycles. The Hall–Kier alpha value is -4.16. The molecule has 1 fully saturated rings. The van der Waals surface area contributed by atoms with E-state index < -0.39 is 0 Å². The van der Waals surface area contributed by atoms with Crippen molar-refractivity contribution in [2.45, 2.75) is 51.1 Å². The first-order chi connectivity index (χ1) is 19.7. The topological polar surface area (TPSA) is 136 Å². The van der Waals surface area contributed by atoms with Gasteiger partial charge in [0.25, 0.3) is 0 Å². The minimum absolute atomic E-state index is 0.0253. The number of carbonyl (C=O) groups excluding carboxylic acids is 1. The minimum Gasteiger partial charge on any atom is -0.416 e. The highest BCUT2D eigenvalue weighted by Gasteiger charge is 2.32. The highest BCUT2D eigenvalue weighted by atomic mass is 16.5. The Morgan fingerprint density at radius 2 is 2.05 bits per heavy atom. The molecule has 5 heterocycles. The van der Waals surface area contributed by atoms with Gasteiger partial charge < -0.3 is 19.8 Å². The van der Waals surface area contributed by atoms with Crippen molar-refractivity contribution in [2.75, 3.05) is 31.6 Å². The first-order valence-corrected chi connectivity index (χ1v) is 13.9. The molecule has 214 valence electrons. The molecule has 4 aromatic rings. The van der Waals surface area contributed by atoms with E-state index in [1.807, 2.05) is 46.1 Å². The Bertz CT molecular complexity index is 1530. The van der Waals surface area contributed by atoms with Gasteiger partial charge in [-0.25, -0.2) is 9.97 Å². The summed E-state index contributed by atoms with van der Waals surface area (Å²) in [5.41, 5.74) is 4.50. The third kappa shape index (κ3) is 5.98. The van der Waals surface area contributed by atoms with Gasteiger partial charge in [-0.1, -0.05) is 32.9 Å². The summed E-state index contributed by atoms with van der Waals surface area (Å²) in [5.74, 6) is 0.528. The maximum absolute atomic E-state index is 13.3. The Morgan fingerprint density at radius 3 is 2.78 bits per heavy atom. The Kier molecular flexibility index (Phi) is 7.26. The molecular formula is C29H35N9O3. The van der Waals surface area contributed by atoms with Crippen LogP contribution in [0.1, 0.15) is 60.9 Å². The van der Waals surface area contributed by atoms with Crippen molar-refractivity contribution >= 4 is 17.5 Å². The predicted octanol–water partition coefficient (Wildman–Crippen LogP) is 3.42. The number of benzene rings is 1. The fourth-order valence-corrected chi connectivity index (χ4v) is 5.31. The molecule has 0 radical (unpaired) electrons. The summed E-state index contributed by atoms with van der Waals surface area (Å²) in [6, 6.07) is 8.28. The van der Waals surface area contributed by atoms with Crippen molar-refractivity contribution < 1.29 is 13.9 Å². The first-order valence-electron chi connectivity index (χ1n) is 13.9. The number of hydrogen-bond acceptors (Lipinski definition) is 10. The van der Waals surface area contributed by atoms with E-state index in [4.69, 9.17) is 14.1 Å². The van der Waals surface area contributed by atoms with E-state index in [0.29, 0.717) is 31.0 Å². The number of fused-ring (bicyclic) bond motifs is 1. The van der Waals surface area contributed by atoms with Crippen LogP contribution >= 0.6 is 0 Å². The van der Waals surface area contributed by atoms with Gasteiger partial charge in [0.1, 0.15) is 0 Å². The van der Waals surface area contributed by atoms with Crippen LogP contribution in [0.2, 0.25) is 0 Å². The molecule has 41 heavy (non-hydrogen) atoms. The van der Waals surface area contributed by atoms with Crippen molar-refractivity contribution in [1.29, 1.82) is 0 Å². The SMILES string of the molecule is Cn1cc(Nc2nccc(-c3ccc4c(c3)CCN([C@@H]3CCOC3)C[C@@H]4NC(=O)c3nnc(C(C)(C)C)o3)n2)cn1. The summed E-state index contributed by atoms with van der Waals surface area (Å²) in [7, 11) is 1.86. The molecule has 2 aliphatic rings. The summed E-state index contributed by atoms with van der Waals surface area (Å²) in [4.78, 5) is 24.8. The summed E-state index contributed by atoms with van der Waals surface area (Å²) in [6.07, 6.45) is 7.16. The van der Waals surface area contributed by atoms with Gasteiger partial charge in [0.15, 0.2) is 0 Å². The molecule has 2 atom stereocenters. The molecule has 1 aromatic carbocycles. The molecule has 0 bridgehead atoms. The van der Waals surface area contributed by atoms with E-state index in [-0.39, 0.29) is 23.3 Å². The zero-order chi connectivity index (χ0) is 28.6. The van der Waals surface area contributed by atoms with Gasteiger partial charge in [0.2, 0.25) is 11.8 Å². The second-order valence-corrected chi connectivity index (χ2v) is 11.7. The van der Waals surface area contributed by atoms with Crippen molar-refractivity contribution in [2.24, 2.45) is 7.05 Å². The smallest absolute Gasteiger partial charge is 0.309 e. The molecule has 0 unspecified atom stereocenters. The molecule has 2 aliphatic heterocycles. The summed E-state index contributed by atoms with van der Waals surface area (Å²) >= 11 is 0. The highest BCUT2D eigenvalue weighted by Crippen LogP contribution is 2.31. The maximum Gasteiger partial charge on any atom is 0.309 e. The standard InChI is InChI=1S/C29H35N9O3/c1-29(2,3)27-36-35-26(41-27)25(39)33-24-16-38(21-9-12-40-17-21)11-8-18-13-19(5-6-22(18)24)23-7-10-30-28(34-23)32-20-14-31-37(4)15-20/h5-7,10,13-15,21,24H,8-9,11-12,16-17H2,1-4H3,(H,33,39)(H,30,32,34)/t21-,24+/m1/s1. The number of amides is 1. The second-order valence-electron chi connectivity index (χ2n) is 11.7. The van der Waals surface area contributed by atoms with E-state index in [0.717, 1.165) is 54.1 Å². The van der Waals surface area contributed by atoms with Crippen molar-refractivity contribution in [3.63, 3.8) is 0 Å². The number of rotatable bonds is 6. The van der Waals surface area contributed by atoms with Crippen LogP contribution in [-0.2, 0) is 23.6 Å². The average Bonchev–Trinajstić information content (AvgIpc) is 3.71. The third-order valence-electron chi connectivity index (χ3n) is 7.50. The van der Waals surface area contributed by atoms with Crippen molar-refractivity contribution in [3.05, 3.63) is 65.8 Å². The average molecular weight is 558 g/mol. The zero-order valence-electron chi connectivity index (χ0n) is 23.8. The monoisotopic (exact) mass is 557 g/mol. The molecule has 0 saturated carbocycles. The third-order valence-corrected chi connectivity index (χ3v) is 7.50. The fraction of sp³-hybridized carbons (Fsp3) is 0.448. The fourth-order valence-electron chi connectivity index (χ4n) is 5.31. The first kappa shape index (κ1) is 27.0. The lowest BCUT2D eigenvalue weighted by Crippen LogP contribution is -2.42. The molecule has 0 spiro atoms. The van der Waals surface area contributed by atoms with Crippen molar-refractivity contribution in [3.8, 4) is 11.3 Å². The van der Waals surface area contributed by atoms with E-state index in [1.54, 1.807) is 17.1 Å². The van der Waals surface area contributed by atoms with E-state index in [9.17, 15) is 4.79 Å². The summed E-state index contributed by atoms with van der Waals surface area (Å²) < 4.78 is 13.1. The lowest BCUT2D eigenvalue weighted by atomic mass is 9.96. The molecule has 0 aliphatic carbocycles. The quantitative estimate of drug-likeness (QED) is 0.363. The van der Waals surface area contributed by atoms with Crippen LogP contribution in [0.3, 0.4) is 0 Å². The number of aryl methyl sites for hydroxylation is 1. The van der Waals surface area contributed by atoms with Gasteiger partial charge in [-0.15, -0.1) is 10.2 Å². The van der Waals surface area contributed by atoms with Crippen LogP contribution in [-0.4, -0.2) is 73.1 Å². The van der Waals surface area contributed by atoms with E-state index in [2.05, 4.69) is 47.9 Å². The Morgan fingerprint density at radius 1 is 1.17 bits per heavy atom. The minimum atomic E-state index is -0.375. The zero-order valence-corrected chi connectivity index (χ0v) is 23.8. The van der Waals surface area contributed by atoms with Gasteiger partial charge in [-0.05, 0) is 36.1 Å². The Labute approximate surface area is 238 Å². The molecule has 12 nitrogen and oxygen atoms in total. The van der Waals surface area contributed by atoms with E-state index in [1.165, 1.54) is 0 Å². The number of aromatic nitrogens is 6. The summed E-state index contributed by atoms with van der Waals surface area (Å²) in [6.45, 7) is 8.90. The largest absolute Gasteiger partial charge is 0.416 e. The van der Waals surface area contributed by atoms with Crippen LogP contribution in [0.25, 0.3) is 11.3 Å². The van der Waals surface area contributed by atoms with E-state index >= 15 is 0 Å². The molecule has 1 amide bonds. The van der Waals surface area contributed by atoms with Crippen LogP contribution < -0.4 is 10.6 Å². The van der Waals surface area contributed by atoms with Gasteiger partial charge in [0, 0.05) is 56.2 Å². The Balaban J connectivity index is 1.28.